The monoisotopic (exact) mass is 365 g/mol. The number of methoxy groups -OCH3 is 1. The molecule has 2 amide bonds. The Balaban J connectivity index is 2.24. The third-order valence-electron chi connectivity index (χ3n) is 3.97. The zero-order chi connectivity index (χ0) is 18.8. The second-order valence-corrected chi connectivity index (χ2v) is 5.45. The average Bonchev–Trinajstić information content (AvgIpc) is 2.51. The molecule has 2 rings (SSSR count). The Morgan fingerprint density at radius 1 is 1.36 bits per heavy atom. The predicted octanol–water partition coefficient (Wildman–Crippen LogP) is 0.437. The largest absolute Gasteiger partial charge is 0.419 e. The van der Waals surface area contributed by atoms with Crippen LogP contribution >= 0.6 is 0 Å². The van der Waals surface area contributed by atoms with Crippen molar-refractivity contribution in [3.8, 4) is 0 Å². The van der Waals surface area contributed by atoms with Gasteiger partial charge in [0.25, 0.3) is 11.8 Å². The van der Waals surface area contributed by atoms with Crippen LogP contribution in [0.2, 0.25) is 0 Å². The van der Waals surface area contributed by atoms with E-state index in [1.165, 1.54) is 12.6 Å². The van der Waals surface area contributed by atoms with Crippen LogP contribution in [0.4, 0.5) is 17.6 Å². The van der Waals surface area contributed by atoms with E-state index in [1.807, 2.05) is 0 Å². The van der Waals surface area contributed by atoms with Crippen LogP contribution in [0, 0.1) is 5.82 Å². The summed E-state index contributed by atoms with van der Waals surface area (Å²) in [6.45, 7) is 0.368. The minimum absolute atomic E-state index is 0.184. The minimum atomic E-state index is -4.89. The topological polar surface area (TPSA) is 99.7 Å². The van der Waals surface area contributed by atoms with E-state index in [9.17, 15) is 27.2 Å². The number of halogens is 4. The standard InChI is InChI=1S/C14H15F4N3O4/c1-25-13(5-19-6-13)10(12(23)21-24)20-11(22)7-2-3-8(9(15)4-7)14(16,17)18/h2-4,10,19,24H,5-6H2,1H3,(H,20,22)(H,21,23). The summed E-state index contributed by atoms with van der Waals surface area (Å²) in [4.78, 5) is 24.0. The van der Waals surface area contributed by atoms with Crippen molar-refractivity contribution < 1.29 is 37.1 Å². The maximum Gasteiger partial charge on any atom is 0.419 e. The summed E-state index contributed by atoms with van der Waals surface area (Å²) in [5.74, 6) is -3.59. The molecule has 0 aromatic heterocycles. The first-order valence-electron chi connectivity index (χ1n) is 7.02. The van der Waals surface area contributed by atoms with E-state index in [-0.39, 0.29) is 13.1 Å². The smallest absolute Gasteiger partial charge is 0.373 e. The molecule has 1 heterocycles. The molecule has 0 bridgehead atoms. The van der Waals surface area contributed by atoms with E-state index >= 15 is 0 Å². The van der Waals surface area contributed by atoms with Gasteiger partial charge in [-0.2, -0.15) is 13.2 Å². The van der Waals surface area contributed by atoms with Gasteiger partial charge in [-0.25, -0.2) is 9.87 Å². The highest BCUT2D eigenvalue weighted by Crippen LogP contribution is 2.31. The van der Waals surface area contributed by atoms with Gasteiger partial charge >= 0.3 is 6.18 Å². The molecule has 138 valence electrons. The van der Waals surface area contributed by atoms with E-state index in [4.69, 9.17) is 9.94 Å². The molecule has 7 nitrogen and oxygen atoms in total. The lowest BCUT2D eigenvalue weighted by Crippen LogP contribution is -2.74. The number of rotatable bonds is 5. The highest BCUT2D eigenvalue weighted by Gasteiger charge is 2.49. The minimum Gasteiger partial charge on any atom is -0.373 e. The van der Waals surface area contributed by atoms with Gasteiger partial charge in [-0.3, -0.25) is 14.8 Å². The Morgan fingerprint density at radius 3 is 2.40 bits per heavy atom. The molecule has 1 fully saturated rings. The molecule has 4 N–H and O–H groups in total. The molecule has 1 saturated heterocycles. The lowest BCUT2D eigenvalue weighted by molar-refractivity contribution is -0.145. The summed E-state index contributed by atoms with van der Waals surface area (Å²) in [5.41, 5.74) is -1.69. The molecule has 11 heteroatoms. The molecule has 1 unspecified atom stereocenters. The number of ether oxygens (including phenoxy) is 1. The lowest BCUT2D eigenvalue weighted by Gasteiger charge is -2.45. The molecular weight excluding hydrogens is 350 g/mol. The van der Waals surface area contributed by atoms with E-state index in [1.54, 1.807) is 0 Å². The summed E-state index contributed by atoms with van der Waals surface area (Å²) >= 11 is 0. The van der Waals surface area contributed by atoms with Crippen molar-refractivity contribution in [2.24, 2.45) is 0 Å². The van der Waals surface area contributed by atoms with Crippen molar-refractivity contribution in [2.45, 2.75) is 17.8 Å². The van der Waals surface area contributed by atoms with Crippen LogP contribution in [-0.4, -0.2) is 48.9 Å². The van der Waals surface area contributed by atoms with Crippen molar-refractivity contribution in [3.63, 3.8) is 0 Å². The molecule has 1 atom stereocenters. The van der Waals surface area contributed by atoms with Gasteiger partial charge in [0.1, 0.15) is 17.5 Å². The first-order valence-corrected chi connectivity index (χ1v) is 7.02. The number of carbonyl (C=O) groups is 2. The second-order valence-electron chi connectivity index (χ2n) is 5.45. The van der Waals surface area contributed by atoms with Crippen LogP contribution in [0.3, 0.4) is 0 Å². The maximum absolute atomic E-state index is 13.6. The van der Waals surface area contributed by atoms with Crippen LogP contribution < -0.4 is 16.1 Å². The molecule has 25 heavy (non-hydrogen) atoms. The van der Waals surface area contributed by atoms with E-state index in [2.05, 4.69) is 10.6 Å². The Hall–Kier alpha value is -2.24. The fourth-order valence-electron chi connectivity index (χ4n) is 2.44. The first-order chi connectivity index (χ1) is 11.6. The number of benzene rings is 1. The van der Waals surface area contributed by atoms with Crippen molar-refractivity contribution in [2.75, 3.05) is 20.2 Å². The third kappa shape index (κ3) is 3.72. The fraction of sp³-hybridized carbons (Fsp3) is 0.429. The Labute approximate surface area is 139 Å². The predicted molar refractivity (Wildman–Crippen MR) is 75.2 cm³/mol. The summed E-state index contributed by atoms with van der Waals surface area (Å²) in [6, 6.07) is 0.294. The van der Waals surface area contributed by atoms with Crippen LogP contribution in [0.1, 0.15) is 15.9 Å². The zero-order valence-corrected chi connectivity index (χ0v) is 12.9. The van der Waals surface area contributed by atoms with Gasteiger partial charge in [-0.1, -0.05) is 0 Å². The number of hydroxylamine groups is 1. The molecule has 1 aromatic carbocycles. The molecule has 1 aromatic rings. The summed E-state index contributed by atoms with van der Waals surface area (Å²) in [5, 5.41) is 13.9. The molecular formula is C14H15F4N3O4. The number of alkyl halides is 3. The van der Waals surface area contributed by atoms with Gasteiger partial charge in [-0.15, -0.1) is 0 Å². The van der Waals surface area contributed by atoms with Crippen molar-refractivity contribution in [1.82, 2.24) is 16.1 Å². The molecule has 0 saturated carbocycles. The van der Waals surface area contributed by atoms with Crippen molar-refractivity contribution in [1.29, 1.82) is 0 Å². The van der Waals surface area contributed by atoms with Gasteiger partial charge in [-0.05, 0) is 18.2 Å². The van der Waals surface area contributed by atoms with Crippen LogP contribution in [-0.2, 0) is 15.7 Å². The van der Waals surface area contributed by atoms with Crippen molar-refractivity contribution >= 4 is 11.8 Å². The molecule has 0 radical (unpaired) electrons. The van der Waals surface area contributed by atoms with Crippen LogP contribution in [0.15, 0.2) is 18.2 Å². The Bertz CT molecular complexity index is 671. The van der Waals surface area contributed by atoms with Gasteiger partial charge in [0.15, 0.2) is 0 Å². The fourth-order valence-corrected chi connectivity index (χ4v) is 2.44. The maximum atomic E-state index is 13.6. The van der Waals surface area contributed by atoms with Gasteiger partial charge in [0.2, 0.25) is 0 Å². The highest BCUT2D eigenvalue weighted by atomic mass is 19.4. The highest BCUT2D eigenvalue weighted by molar-refractivity contribution is 5.98. The zero-order valence-electron chi connectivity index (χ0n) is 12.9. The van der Waals surface area contributed by atoms with Crippen molar-refractivity contribution in [3.05, 3.63) is 35.1 Å². The van der Waals surface area contributed by atoms with E-state index in [0.717, 1.165) is 6.07 Å². The SMILES string of the molecule is COC1(C(NC(=O)c2ccc(C(F)(F)F)c(F)c2)C(=O)NO)CNC1. The van der Waals surface area contributed by atoms with Gasteiger partial charge < -0.3 is 15.4 Å². The number of carbonyl (C=O) groups excluding carboxylic acids is 2. The number of nitrogens with one attached hydrogen (secondary N) is 3. The third-order valence-corrected chi connectivity index (χ3v) is 3.97. The molecule has 1 aliphatic heterocycles. The first kappa shape index (κ1) is 19.1. The van der Waals surface area contributed by atoms with Crippen LogP contribution in [0.25, 0.3) is 0 Å². The number of amides is 2. The van der Waals surface area contributed by atoms with Gasteiger partial charge in [0.05, 0.1) is 5.56 Å². The summed E-state index contributed by atoms with van der Waals surface area (Å²) < 4.78 is 56.5. The Kier molecular flexibility index (Phi) is 5.30. The second kappa shape index (κ2) is 6.94. The summed E-state index contributed by atoms with van der Waals surface area (Å²) in [6.07, 6.45) is -4.89. The normalized spacial score (nSPS) is 17.4. The molecule has 1 aliphatic rings. The summed E-state index contributed by atoms with van der Waals surface area (Å²) in [7, 11) is 1.29. The Morgan fingerprint density at radius 2 is 2.00 bits per heavy atom. The van der Waals surface area contributed by atoms with E-state index < -0.39 is 46.6 Å². The molecule has 0 aliphatic carbocycles. The number of hydrogen-bond acceptors (Lipinski definition) is 5. The van der Waals surface area contributed by atoms with E-state index in [0.29, 0.717) is 12.1 Å². The lowest BCUT2D eigenvalue weighted by atomic mass is 9.87. The average molecular weight is 365 g/mol. The van der Waals surface area contributed by atoms with Crippen LogP contribution in [0.5, 0.6) is 0 Å². The van der Waals surface area contributed by atoms with Gasteiger partial charge in [0, 0.05) is 25.8 Å². The quantitative estimate of drug-likeness (QED) is 0.345. The number of hydrogen-bond donors (Lipinski definition) is 4. The molecule has 0 spiro atoms.